The van der Waals surface area contributed by atoms with Crippen LogP contribution in [0.4, 0.5) is 4.39 Å². The smallest absolute Gasteiger partial charge is 0.263 e. The second-order valence-corrected chi connectivity index (χ2v) is 7.39. The molecule has 6 heteroatoms. The summed E-state index contributed by atoms with van der Waals surface area (Å²) in [6, 6.07) is 14.5. The zero-order chi connectivity index (χ0) is 17.7. The molecular formula is C19H21FN2O2S. The summed E-state index contributed by atoms with van der Waals surface area (Å²) < 4.78 is 14.5. The van der Waals surface area contributed by atoms with E-state index in [-0.39, 0.29) is 5.82 Å². The van der Waals surface area contributed by atoms with Crippen molar-refractivity contribution in [3.05, 3.63) is 59.9 Å². The second-order valence-electron chi connectivity index (χ2n) is 6.17. The van der Waals surface area contributed by atoms with E-state index < -0.39 is 11.4 Å². The molecule has 1 saturated heterocycles. The third-order valence-corrected chi connectivity index (χ3v) is 5.62. The summed E-state index contributed by atoms with van der Waals surface area (Å²) in [5.74, 6) is 0.989. The third kappa shape index (κ3) is 4.03. The summed E-state index contributed by atoms with van der Waals surface area (Å²) >= 11 is 1.79. The molecule has 1 aliphatic rings. The van der Waals surface area contributed by atoms with E-state index in [4.69, 9.17) is 5.21 Å². The molecule has 0 saturated carbocycles. The van der Waals surface area contributed by atoms with Crippen molar-refractivity contribution in [1.29, 1.82) is 0 Å². The molecule has 0 aromatic heterocycles. The standard InChI is InChI=1S/C19H21FN2O2S/c20-17-12-14(6-7-16(17)15-4-2-1-3-5-15)13-21-19(18(23)22-24)8-10-25-11-9-19/h1-7,12,21,24H,8-11,13H2,(H,22,23). The molecule has 1 aliphatic heterocycles. The van der Waals surface area contributed by atoms with Gasteiger partial charge in [0.25, 0.3) is 5.91 Å². The number of benzene rings is 2. The van der Waals surface area contributed by atoms with Crippen molar-refractivity contribution >= 4 is 17.7 Å². The molecule has 2 aromatic rings. The first-order valence-corrected chi connectivity index (χ1v) is 9.41. The SMILES string of the molecule is O=C(NO)C1(NCc2ccc(-c3ccccc3)c(F)c2)CCSCC1. The lowest BCUT2D eigenvalue weighted by atomic mass is 9.91. The van der Waals surface area contributed by atoms with Crippen LogP contribution in [0.5, 0.6) is 0 Å². The Kier molecular flexibility index (Phi) is 5.73. The van der Waals surface area contributed by atoms with Crippen LogP contribution in [0, 0.1) is 5.82 Å². The average Bonchev–Trinajstić information content (AvgIpc) is 2.67. The monoisotopic (exact) mass is 360 g/mol. The van der Waals surface area contributed by atoms with Gasteiger partial charge in [0.05, 0.1) is 0 Å². The molecule has 1 heterocycles. The van der Waals surface area contributed by atoms with Crippen molar-refractivity contribution in [2.45, 2.75) is 24.9 Å². The lowest BCUT2D eigenvalue weighted by Crippen LogP contribution is -2.58. The minimum absolute atomic E-state index is 0.287. The summed E-state index contributed by atoms with van der Waals surface area (Å²) in [7, 11) is 0. The topological polar surface area (TPSA) is 61.4 Å². The molecule has 0 bridgehead atoms. The highest BCUT2D eigenvalue weighted by Crippen LogP contribution is 2.28. The third-order valence-electron chi connectivity index (χ3n) is 4.63. The van der Waals surface area contributed by atoms with Crippen molar-refractivity contribution in [2.24, 2.45) is 0 Å². The van der Waals surface area contributed by atoms with E-state index in [9.17, 15) is 9.18 Å². The first-order valence-electron chi connectivity index (χ1n) is 8.26. The maximum absolute atomic E-state index is 14.5. The number of rotatable bonds is 5. The summed E-state index contributed by atoms with van der Waals surface area (Å²) in [5, 5.41) is 12.3. The van der Waals surface area contributed by atoms with Crippen LogP contribution in [0.15, 0.2) is 48.5 Å². The molecule has 0 unspecified atom stereocenters. The number of carbonyl (C=O) groups excluding carboxylic acids is 1. The zero-order valence-corrected chi connectivity index (χ0v) is 14.6. The number of carbonyl (C=O) groups is 1. The molecular weight excluding hydrogens is 339 g/mol. The van der Waals surface area contributed by atoms with Crippen molar-refractivity contribution in [1.82, 2.24) is 10.8 Å². The number of hydrogen-bond donors (Lipinski definition) is 3. The molecule has 25 heavy (non-hydrogen) atoms. The molecule has 3 N–H and O–H groups in total. The lowest BCUT2D eigenvalue weighted by Gasteiger charge is -2.35. The van der Waals surface area contributed by atoms with Gasteiger partial charge in [0.1, 0.15) is 11.4 Å². The van der Waals surface area contributed by atoms with Crippen LogP contribution in [0.3, 0.4) is 0 Å². The van der Waals surface area contributed by atoms with E-state index in [1.165, 1.54) is 6.07 Å². The molecule has 0 atom stereocenters. The lowest BCUT2D eigenvalue weighted by molar-refractivity contribution is -0.136. The van der Waals surface area contributed by atoms with Gasteiger partial charge in [-0.05, 0) is 41.5 Å². The Morgan fingerprint density at radius 2 is 1.88 bits per heavy atom. The predicted octanol–water partition coefficient (Wildman–Crippen LogP) is 3.35. The van der Waals surface area contributed by atoms with Crippen molar-refractivity contribution in [2.75, 3.05) is 11.5 Å². The minimum Gasteiger partial charge on any atom is -0.299 e. The van der Waals surface area contributed by atoms with Gasteiger partial charge in [0.15, 0.2) is 0 Å². The number of hydrogen-bond acceptors (Lipinski definition) is 4. The number of nitrogens with one attached hydrogen (secondary N) is 2. The van der Waals surface area contributed by atoms with E-state index in [0.717, 1.165) is 22.6 Å². The van der Waals surface area contributed by atoms with Crippen LogP contribution >= 0.6 is 11.8 Å². The number of thioether (sulfide) groups is 1. The second kappa shape index (κ2) is 7.99. The Labute approximate surface area is 150 Å². The first kappa shape index (κ1) is 17.9. The molecule has 4 nitrogen and oxygen atoms in total. The summed E-state index contributed by atoms with van der Waals surface area (Å²) in [6.07, 6.45) is 1.27. The van der Waals surface area contributed by atoms with E-state index in [2.05, 4.69) is 5.32 Å². The van der Waals surface area contributed by atoms with Crippen LogP contribution in [0.25, 0.3) is 11.1 Å². The van der Waals surface area contributed by atoms with Crippen molar-refractivity contribution < 1.29 is 14.4 Å². The highest BCUT2D eigenvalue weighted by molar-refractivity contribution is 7.99. The van der Waals surface area contributed by atoms with Crippen LogP contribution < -0.4 is 10.8 Å². The number of halogens is 1. The molecule has 132 valence electrons. The van der Waals surface area contributed by atoms with Crippen LogP contribution in [0.1, 0.15) is 18.4 Å². The average molecular weight is 360 g/mol. The Morgan fingerprint density at radius 3 is 2.52 bits per heavy atom. The molecule has 1 fully saturated rings. The van der Waals surface area contributed by atoms with Crippen molar-refractivity contribution in [3.63, 3.8) is 0 Å². The van der Waals surface area contributed by atoms with Gasteiger partial charge < -0.3 is 0 Å². The van der Waals surface area contributed by atoms with E-state index >= 15 is 0 Å². The Morgan fingerprint density at radius 1 is 1.16 bits per heavy atom. The molecule has 0 aliphatic carbocycles. The van der Waals surface area contributed by atoms with E-state index in [1.54, 1.807) is 23.3 Å². The van der Waals surface area contributed by atoms with Gasteiger partial charge in [0.2, 0.25) is 0 Å². The van der Waals surface area contributed by atoms with Crippen LogP contribution in [0.2, 0.25) is 0 Å². The fourth-order valence-corrected chi connectivity index (χ4v) is 4.29. The summed E-state index contributed by atoms with van der Waals surface area (Å²) in [6.45, 7) is 0.365. The minimum atomic E-state index is -0.797. The molecule has 1 amide bonds. The largest absolute Gasteiger partial charge is 0.299 e. The highest BCUT2D eigenvalue weighted by Gasteiger charge is 2.39. The zero-order valence-electron chi connectivity index (χ0n) is 13.8. The first-order chi connectivity index (χ1) is 12.1. The van der Waals surface area contributed by atoms with Gasteiger partial charge in [0, 0.05) is 12.1 Å². The van der Waals surface area contributed by atoms with Crippen molar-refractivity contribution in [3.8, 4) is 11.1 Å². The predicted molar refractivity (Wildman–Crippen MR) is 97.9 cm³/mol. The van der Waals surface area contributed by atoms with Gasteiger partial charge in [-0.3, -0.25) is 15.3 Å². The van der Waals surface area contributed by atoms with E-state index in [1.807, 2.05) is 36.4 Å². The Bertz CT molecular complexity index is 733. The quantitative estimate of drug-likeness (QED) is 0.565. The fraction of sp³-hybridized carbons (Fsp3) is 0.316. The van der Waals surface area contributed by atoms with Gasteiger partial charge in [-0.1, -0.05) is 42.5 Å². The van der Waals surface area contributed by atoms with E-state index in [0.29, 0.717) is 24.9 Å². The van der Waals surface area contributed by atoms with Crippen LogP contribution in [-0.4, -0.2) is 28.2 Å². The maximum atomic E-state index is 14.5. The number of hydroxylamine groups is 1. The molecule has 3 rings (SSSR count). The Hall–Kier alpha value is -1.89. The van der Waals surface area contributed by atoms with Gasteiger partial charge in [-0.15, -0.1) is 0 Å². The maximum Gasteiger partial charge on any atom is 0.263 e. The van der Waals surface area contributed by atoms with Crippen LogP contribution in [-0.2, 0) is 11.3 Å². The summed E-state index contributed by atoms with van der Waals surface area (Å²) in [5.41, 5.74) is 3.13. The normalized spacial score (nSPS) is 16.4. The fourth-order valence-electron chi connectivity index (χ4n) is 3.10. The Balaban J connectivity index is 1.74. The number of amides is 1. The van der Waals surface area contributed by atoms with Gasteiger partial charge in [-0.25, -0.2) is 9.87 Å². The van der Waals surface area contributed by atoms with Gasteiger partial charge >= 0.3 is 0 Å². The summed E-state index contributed by atoms with van der Waals surface area (Å²) in [4.78, 5) is 12.1. The molecule has 0 radical (unpaired) electrons. The molecule has 2 aromatic carbocycles. The molecule has 0 spiro atoms. The highest BCUT2D eigenvalue weighted by atomic mass is 32.2. The van der Waals surface area contributed by atoms with Gasteiger partial charge in [-0.2, -0.15) is 11.8 Å².